The average Bonchev–Trinajstić information content (AvgIpc) is 2.71. The van der Waals surface area contributed by atoms with Crippen LogP contribution in [0.3, 0.4) is 0 Å². The van der Waals surface area contributed by atoms with Gasteiger partial charge in [0.2, 0.25) is 0 Å². The number of sulfonamides is 1. The second-order valence-corrected chi connectivity index (χ2v) is 8.62. The summed E-state index contributed by atoms with van der Waals surface area (Å²) in [5.41, 5.74) is 2.32. The van der Waals surface area contributed by atoms with Crippen LogP contribution < -0.4 is 4.72 Å². The molecule has 0 fully saturated rings. The molecule has 1 heterocycles. The highest BCUT2D eigenvalue weighted by Crippen LogP contribution is 2.30. The smallest absolute Gasteiger partial charge is 0.271 e. The van der Waals surface area contributed by atoms with Gasteiger partial charge in [0.1, 0.15) is 4.21 Å². The van der Waals surface area contributed by atoms with E-state index in [0.717, 1.165) is 26.9 Å². The van der Waals surface area contributed by atoms with Crippen LogP contribution in [0.2, 0.25) is 4.34 Å². The van der Waals surface area contributed by atoms with Gasteiger partial charge >= 0.3 is 0 Å². The first-order chi connectivity index (χ1) is 8.79. The van der Waals surface area contributed by atoms with E-state index in [1.54, 1.807) is 6.07 Å². The van der Waals surface area contributed by atoms with Crippen LogP contribution >= 0.6 is 38.9 Å². The van der Waals surface area contributed by atoms with Crippen molar-refractivity contribution in [3.8, 4) is 0 Å². The Labute approximate surface area is 129 Å². The van der Waals surface area contributed by atoms with E-state index in [-0.39, 0.29) is 4.21 Å². The summed E-state index contributed by atoms with van der Waals surface area (Å²) in [5.74, 6) is 0. The lowest BCUT2D eigenvalue weighted by Crippen LogP contribution is -2.13. The molecule has 0 unspecified atom stereocenters. The molecule has 102 valence electrons. The monoisotopic (exact) mass is 379 g/mol. The van der Waals surface area contributed by atoms with Crippen LogP contribution in [-0.2, 0) is 10.0 Å². The average molecular weight is 381 g/mol. The molecule has 0 aliphatic heterocycles. The minimum atomic E-state index is -3.58. The van der Waals surface area contributed by atoms with Gasteiger partial charge in [-0.2, -0.15) is 0 Å². The molecule has 2 aromatic rings. The predicted molar refractivity (Wildman–Crippen MR) is 83.8 cm³/mol. The zero-order valence-corrected chi connectivity index (χ0v) is 14.2. The van der Waals surface area contributed by atoms with E-state index in [1.165, 1.54) is 6.07 Å². The lowest BCUT2D eigenvalue weighted by Gasteiger charge is -2.12. The number of anilines is 1. The molecule has 0 saturated carbocycles. The SMILES string of the molecule is Cc1cc(Br)cc(C)c1NS(=O)(=O)c1ccc(Cl)s1. The van der Waals surface area contributed by atoms with E-state index in [2.05, 4.69) is 20.7 Å². The van der Waals surface area contributed by atoms with Crippen molar-refractivity contribution >= 4 is 54.6 Å². The third kappa shape index (κ3) is 3.31. The van der Waals surface area contributed by atoms with Crippen LogP contribution in [0.25, 0.3) is 0 Å². The molecule has 1 aromatic heterocycles. The minimum Gasteiger partial charge on any atom is -0.278 e. The normalized spacial score (nSPS) is 11.6. The molecular formula is C12H11BrClNO2S2. The third-order valence-electron chi connectivity index (χ3n) is 2.55. The van der Waals surface area contributed by atoms with Gasteiger partial charge < -0.3 is 0 Å². The van der Waals surface area contributed by atoms with Crippen LogP contribution in [0.15, 0.2) is 32.9 Å². The molecule has 0 bridgehead atoms. The number of thiophene rings is 1. The van der Waals surface area contributed by atoms with Gasteiger partial charge in [0.25, 0.3) is 10.0 Å². The second-order valence-electron chi connectivity index (χ2n) is 4.08. The summed E-state index contributed by atoms with van der Waals surface area (Å²) >= 11 is 10.2. The molecule has 0 atom stereocenters. The standard InChI is InChI=1S/C12H11BrClNO2S2/c1-7-5-9(13)6-8(2)12(7)15-19(16,17)11-4-3-10(14)18-11/h3-6,15H,1-2H3. The van der Waals surface area contributed by atoms with E-state index in [4.69, 9.17) is 11.6 Å². The molecule has 1 N–H and O–H groups in total. The quantitative estimate of drug-likeness (QED) is 0.847. The van der Waals surface area contributed by atoms with Crippen molar-refractivity contribution in [3.05, 3.63) is 44.2 Å². The summed E-state index contributed by atoms with van der Waals surface area (Å²) in [6.07, 6.45) is 0. The Bertz CT molecular complexity index is 702. The van der Waals surface area contributed by atoms with Gasteiger partial charge in [-0.25, -0.2) is 8.42 Å². The summed E-state index contributed by atoms with van der Waals surface area (Å²) in [5, 5.41) is 0. The van der Waals surface area contributed by atoms with Gasteiger partial charge in [-0.3, -0.25) is 4.72 Å². The molecule has 0 radical (unpaired) electrons. The lowest BCUT2D eigenvalue weighted by atomic mass is 10.1. The molecule has 3 nitrogen and oxygen atoms in total. The largest absolute Gasteiger partial charge is 0.278 e. The van der Waals surface area contributed by atoms with E-state index >= 15 is 0 Å². The van der Waals surface area contributed by atoms with Gasteiger partial charge in [-0.15, -0.1) is 11.3 Å². The Morgan fingerprint density at radius 2 is 1.79 bits per heavy atom. The first-order valence-electron chi connectivity index (χ1n) is 5.34. The van der Waals surface area contributed by atoms with Gasteiger partial charge in [-0.1, -0.05) is 27.5 Å². The Balaban J connectivity index is 2.41. The first kappa shape index (κ1) is 14.8. The fourth-order valence-corrected chi connectivity index (χ4v) is 5.07. The van der Waals surface area contributed by atoms with Crippen molar-refractivity contribution in [1.82, 2.24) is 0 Å². The molecular weight excluding hydrogens is 370 g/mol. The number of halogens is 2. The maximum atomic E-state index is 12.2. The van der Waals surface area contributed by atoms with E-state index in [1.807, 2.05) is 26.0 Å². The third-order valence-corrected chi connectivity index (χ3v) is 6.08. The number of hydrogen-bond acceptors (Lipinski definition) is 3. The summed E-state index contributed by atoms with van der Waals surface area (Å²) < 4.78 is 28.7. The zero-order chi connectivity index (χ0) is 14.2. The Morgan fingerprint density at radius 3 is 2.26 bits per heavy atom. The highest BCUT2D eigenvalue weighted by molar-refractivity contribution is 9.10. The molecule has 0 aliphatic carbocycles. The molecule has 0 aliphatic rings. The number of rotatable bonds is 3. The fourth-order valence-electron chi connectivity index (χ4n) is 1.70. The van der Waals surface area contributed by atoms with Crippen molar-refractivity contribution in [1.29, 1.82) is 0 Å². The van der Waals surface area contributed by atoms with Crippen LogP contribution in [0.5, 0.6) is 0 Å². The van der Waals surface area contributed by atoms with Crippen LogP contribution in [0, 0.1) is 13.8 Å². The zero-order valence-electron chi connectivity index (χ0n) is 10.2. The van der Waals surface area contributed by atoms with Crippen molar-refractivity contribution in [2.45, 2.75) is 18.1 Å². The Morgan fingerprint density at radius 1 is 1.21 bits per heavy atom. The van der Waals surface area contributed by atoms with Crippen molar-refractivity contribution in [3.63, 3.8) is 0 Å². The van der Waals surface area contributed by atoms with Crippen molar-refractivity contribution < 1.29 is 8.42 Å². The van der Waals surface area contributed by atoms with Crippen LogP contribution in [0.4, 0.5) is 5.69 Å². The molecule has 0 spiro atoms. The number of benzene rings is 1. The lowest BCUT2D eigenvalue weighted by molar-refractivity contribution is 0.603. The first-order valence-corrected chi connectivity index (χ1v) is 8.81. The van der Waals surface area contributed by atoms with Gasteiger partial charge in [0.05, 0.1) is 10.0 Å². The Hall–Kier alpha value is -0.560. The Kier molecular flexibility index (Phi) is 4.25. The molecule has 19 heavy (non-hydrogen) atoms. The van der Waals surface area contributed by atoms with Crippen LogP contribution in [-0.4, -0.2) is 8.42 Å². The summed E-state index contributed by atoms with van der Waals surface area (Å²) in [6.45, 7) is 3.72. The predicted octanol–water partition coefficient (Wildman–Crippen LogP) is 4.58. The summed E-state index contributed by atoms with van der Waals surface area (Å²) in [4.78, 5) is 0. The van der Waals surface area contributed by atoms with E-state index in [9.17, 15) is 8.42 Å². The number of hydrogen-bond donors (Lipinski definition) is 1. The highest BCUT2D eigenvalue weighted by atomic mass is 79.9. The molecule has 0 saturated heterocycles. The topological polar surface area (TPSA) is 46.2 Å². The maximum Gasteiger partial charge on any atom is 0.271 e. The minimum absolute atomic E-state index is 0.208. The molecule has 2 rings (SSSR count). The molecule has 1 aromatic carbocycles. The number of aryl methyl sites for hydroxylation is 2. The van der Waals surface area contributed by atoms with Crippen molar-refractivity contribution in [2.24, 2.45) is 0 Å². The van der Waals surface area contributed by atoms with E-state index < -0.39 is 10.0 Å². The number of nitrogens with one attached hydrogen (secondary N) is 1. The van der Waals surface area contributed by atoms with Gasteiger partial charge in [-0.05, 0) is 49.2 Å². The maximum absolute atomic E-state index is 12.2. The molecule has 7 heteroatoms. The fraction of sp³-hybridized carbons (Fsp3) is 0.167. The van der Waals surface area contributed by atoms with E-state index in [0.29, 0.717) is 10.0 Å². The summed E-state index contributed by atoms with van der Waals surface area (Å²) in [7, 11) is -3.58. The van der Waals surface area contributed by atoms with Gasteiger partial charge in [0, 0.05) is 4.47 Å². The summed E-state index contributed by atoms with van der Waals surface area (Å²) in [6, 6.07) is 6.81. The second kappa shape index (κ2) is 5.44. The molecule has 0 amide bonds. The van der Waals surface area contributed by atoms with Gasteiger partial charge in [0.15, 0.2) is 0 Å². The van der Waals surface area contributed by atoms with Crippen molar-refractivity contribution in [2.75, 3.05) is 4.72 Å². The highest BCUT2D eigenvalue weighted by Gasteiger charge is 2.18. The van der Waals surface area contributed by atoms with Crippen LogP contribution in [0.1, 0.15) is 11.1 Å².